The summed E-state index contributed by atoms with van der Waals surface area (Å²) in [5, 5.41) is 0.544. The van der Waals surface area contributed by atoms with Crippen molar-refractivity contribution < 1.29 is 4.79 Å². The Balaban J connectivity index is 2.79. The molecule has 0 bridgehead atoms. The number of fused-ring (bicyclic) bond motifs is 1. The molecule has 2 heterocycles. The second-order valence-corrected chi connectivity index (χ2v) is 6.75. The van der Waals surface area contributed by atoms with Crippen LogP contribution < -0.4 is 11.2 Å². The fourth-order valence-corrected chi connectivity index (χ4v) is 3.56. The first kappa shape index (κ1) is 14.2. The fourth-order valence-electron chi connectivity index (χ4n) is 1.92. The first-order valence-corrected chi connectivity index (χ1v) is 7.33. The highest BCUT2D eigenvalue weighted by Gasteiger charge is 2.17. The van der Waals surface area contributed by atoms with E-state index < -0.39 is 0 Å². The van der Waals surface area contributed by atoms with E-state index in [9.17, 15) is 14.4 Å². The van der Waals surface area contributed by atoms with Crippen LogP contribution in [0.1, 0.15) is 18.9 Å². The molecule has 102 valence electrons. The van der Waals surface area contributed by atoms with Crippen LogP contribution >= 0.6 is 27.3 Å². The van der Waals surface area contributed by atoms with E-state index in [0.717, 1.165) is 13.9 Å². The van der Waals surface area contributed by atoms with Gasteiger partial charge in [-0.1, -0.05) is 0 Å². The van der Waals surface area contributed by atoms with Crippen molar-refractivity contribution in [2.24, 2.45) is 7.05 Å². The molecule has 0 atom stereocenters. The summed E-state index contributed by atoms with van der Waals surface area (Å²) >= 11 is 4.76. The molecule has 0 fully saturated rings. The summed E-state index contributed by atoms with van der Waals surface area (Å²) in [5.41, 5.74) is 0.128. The third-order valence-corrected chi connectivity index (χ3v) is 5.28. The second kappa shape index (κ2) is 5.05. The Morgan fingerprint density at radius 1 is 1.37 bits per heavy atom. The van der Waals surface area contributed by atoms with E-state index in [1.165, 1.54) is 22.8 Å². The Bertz CT molecular complexity index is 785. The van der Waals surface area contributed by atoms with E-state index in [1.54, 1.807) is 7.05 Å². The van der Waals surface area contributed by atoms with Crippen molar-refractivity contribution in [1.82, 2.24) is 9.13 Å². The maximum Gasteiger partial charge on any atom is 0.331 e. The lowest BCUT2D eigenvalue weighted by Gasteiger charge is -2.07. The summed E-state index contributed by atoms with van der Waals surface area (Å²) < 4.78 is 3.44. The summed E-state index contributed by atoms with van der Waals surface area (Å²) in [7, 11) is 1.64. The topological polar surface area (TPSA) is 61.1 Å². The number of ketones is 1. The molecule has 0 unspecified atom stereocenters. The van der Waals surface area contributed by atoms with E-state index in [4.69, 9.17) is 0 Å². The van der Waals surface area contributed by atoms with Gasteiger partial charge in [0.05, 0.1) is 9.17 Å². The van der Waals surface area contributed by atoms with Crippen molar-refractivity contribution in [3.63, 3.8) is 0 Å². The van der Waals surface area contributed by atoms with Crippen LogP contribution in [0.15, 0.2) is 13.4 Å². The average Bonchev–Trinajstić information content (AvgIpc) is 2.63. The summed E-state index contributed by atoms with van der Waals surface area (Å²) in [6.45, 7) is 3.41. The van der Waals surface area contributed by atoms with Gasteiger partial charge in [-0.3, -0.25) is 18.7 Å². The average molecular weight is 345 g/mol. The molecule has 2 aromatic rings. The zero-order chi connectivity index (χ0) is 14.3. The highest BCUT2D eigenvalue weighted by atomic mass is 79.9. The number of aryl methyl sites for hydroxylation is 2. The minimum Gasteiger partial charge on any atom is -0.300 e. The van der Waals surface area contributed by atoms with Crippen molar-refractivity contribution in [3.05, 3.63) is 30.2 Å². The van der Waals surface area contributed by atoms with Gasteiger partial charge in [-0.05, 0) is 35.3 Å². The lowest BCUT2D eigenvalue weighted by atomic mass is 10.2. The number of nitrogens with zero attached hydrogens (tertiary/aromatic N) is 2. The smallest absolute Gasteiger partial charge is 0.300 e. The van der Waals surface area contributed by atoms with Crippen molar-refractivity contribution in [1.29, 1.82) is 0 Å². The van der Waals surface area contributed by atoms with Crippen LogP contribution in [0.25, 0.3) is 10.2 Å². The number of halogens is 1. The van der Waals surface area contributed by atoms with E-state index >= 15 is 0 Å². The van der Waals surface area contributed by atoms with Crippen LogP contribution in [0.4, 0.5) is 0 Å². The third-order valence-electron chi connectivity index (χ3n) is 3.04. The lowest BCUT2D eigenvalue weighted by Crippen LogP contribution is -2.39. The van der Waals surface area contributed by atoms with Crippen LogP contribution in [-0.4, -0.2) is 14.9 Å². The zero-order valence-electron chi connectivity index (χ0n) is 10.8. The van der Waals surface area contributed by atoms with Gasteiger partial charge in [-0.25, -0.2) is 4.79 Å². The van der Waals surface area contributed by atoms with Gasteiger partial charge in [0, 0.05) is 20.0 Å². The van der Waals surface area contributed by atoms with Gasteiger partial charge in [0.1, 0.15) is 10.6 Å². The first-order chi connectivity index (χ1) is 8.84. The molecule has 0 saturated heterocycles. The molecule has 0 aliphatic heterocycles. The predicted octanol–water partition coefficient (Wildman–Crippen LogP) is 1.81. The molecule has 0 aromatic carbocycles. The van der Waals surface area contributed by atoms with Crippen LogP contribution in [0.2, 0.25) is 0 Å². The van der Waals surface area contributed by atoms with E-state index in [-0.39, 0.29) is 30.0 Å². The van der Waals surface area contributed by atoms with Gasteiger partial charge in [-0.15, -0.1) is 11.3 Å². The van der Waals surface area contributed by atoms with Gasteiger partial charge < -0.3 is 0 Å². The van der Waals surface area contributed by atoms with Crippen molar-refractivity contribution >= 4 is 43.3 Å². The van der Waals surface area contributed by atoms with Crippen molar-refractivity contribution in [2.75, 3.05) is 0 Å². The Hall–Kier alpha value is -1.21. The summed E-state index contributed by atoms with van der Waals surface area (Å²) in [4.78, 5) is 36.2. The highest BCUT2D eigenvalue weighted by Crippen LogP contribution is 2.31. The lowest BCUT2D eigenvalue weighted by molar-refractivity contribution is -0.117. The maximum atomic E-state index is 12.4. The molecule has 0 spiro atoms. The van der Waals surface area contributed by atoms with Crippen LogP contribution in [0, 0.1) is 6.92 Å². The van der Waals surface area contributed by atoms with Gasteiger partial charge in [-0.2, -0.15) is 0 Å². The molecule has 0 aliphatic rings. The minimum absolute atomic E-state index is 0.0442. The normalized spacial score (nSPS) is 11.2. The van der Waals surface area contributed by atoms with Crippen molar-refractivity contribution in [2.45, 2.75) is 26.8 Å². The summed E-state index contributed by atoms with van der Waals surface area (Å²) in [5.74, 6) is -0.0442. The van der Waals surface area contributed by atoms with E-state index in [0.29, 0.717) is 10.2 Å². The highest BCUT2D eigenvalue weighted by molar-refractivity contribution is 9.11. The predicted molar refractivity (Wildman–Crippen MR) is 79.1 cm³/mol. The number of rotatable bonds is 3. The van der Waals surface area contributed by atoms with Gasteiger partial charge in [0.2, 0.25) is 0 Å². The Labute approximate surface area is 121 Å². The van der Waals surface area contributed by atoms with Gasteiger partial charge >= 0.3 is 5.69 Å². The van der Waals surface area contributed by atoms with E-state index in [1.807, 2.05) is 6.92 Å². The molecule has 19 heavy (non-hydrogen) atoms. The standard InChI is InChI=1S/C12H13BrN2O3S/c1-6(16)4-5-15-10(17)8-7(2)9(13)19-11(8)14(3)12(15)18/h4-5H2,1-3H3. The Morgan fingerprint density at radius 3 is 2.58 bits per heavy atom. The quantitative estimate of drug-likeness (QED) is 0.853. The number of thiophene rings is 1. The van der Waals surface area contributed by atoms with Crippen LogP contribution in [-0.2, 0) is 18.4 Å². The summed E-state index contributed by atoms with van der Waals surface area (Å²) in [6, 6.07) is 0. The molecule has 0 aliphatic carbocycles. The molecule has 2 aromatic heterocycles. The number of aromatic nitrogens is 2. The minimum atomic E-state index is -0.382. The summed E-state index contributed by atoms with van der Waals surface area (Å²) in [6.07, 6.45) is 0.186. The van der Waals surface area contributed by atoms with Gasteiger partial charge in [0.25, 0.3) is 5.56 Å². The van der Waals surface area contributed by atoms with Crippen LogP contribution in [0.3, 0.4) is 0 Å². The number of carbonyl (C=O) groups is 1. The maximum absolute atomic E-state index is 12.4. The van der Waals surface area contributed by atoms with Crippen LogP contribution in [0.5, 0.6) is 0 Å². The number of Topliss-reactive ketones (excluding diaryl/α,β-unsaturated/α-hetero) is 1. The Kier molecular flexibility index (Phi) is 3.78. The van der Waals surface area contributed by atoms with Crippen molar-refractivity contribution in [3.8, 4) is 0 Å². The molecule has 5 nitrogen and oxygen atoms in total. The second-order valence-electron chi connectivity index (χ2n) is 4.43. The van der Waals surface area contributed by atoms with Gasteiger partial charge in [0.15, 0.2) is 0 Å². The first-order valence-electron chi connectivity index (χ1n) is 5.72. The zero-order valence-corrected chi connectivity index (χ0v) is 13.2. The molecular formula is C12H13BrN2O3S. The largest absolute Gasteiger partial charge is 0.331 e. The number of carbonyl (C=O) groups excluding carboxylic acids is 1. The molecule has 0 saturated carbocycles. The molecule has 0 radical (unpaired) electrons. The monoisotopic (exact) mass is 344 g/mol. The fraction of sp³-hybridized carbons (Fsp3) is 0.417. The molecular weight excluding hydrogens is 332 g/mol. The Morgan fingerprint density at radius 2 is 2.00 bits per heavy atom. The third kappa shape index (κ3) is 2.32. The number of hydrogen-bond acceptors (Lipinski definition) is 4. The molecule has 0 amide bonds. The molecule has 0 N–H and O–H groups in total. The number of hydrogen-bond donors (Lipinski definition) is 0. The molecule has 2 rings (SSSR count). The SMILES string of the molecule is CC(=O)CCn1c(=O)c2c(C)c(Br)sc2n(C)c1=O. The molecule has 7 heteroatoms. The van der Waals surface area contributed by atoms with E-state index in [2.05, 4.69) is 15.9 Å².